The van der Waals surface area contributed by atoms with Gasteiger partial charge in [0.15, 0.2) is 5.76 Å². The molecule has 0 saturated heterocycles. The van der Waals surface area contributed by atoms with Crippen LogP contribution in [0.25, 0.3) is 0 Å². The number of Topliss-reactive ketones (excluding diaryl/α,β-unsaturated/α-hetero) is 1. The molecule has 0 aliphatic rings. The number of hydrogen-bond acceptors (Lipinski definition) is 3. The summed E-state index contributed by atoms with van der Waals surface area (Å²) in [6.07, 6.45) is 7.57. The van der Waals surface area contributed by atoms with Gasteiger partial charge in [0.1, 0.15) is 12.4 Å². The fourth-order valence-corrected chi connectivity index (χ4v) is 2.03. The summed E-state index contributed by atoms with van der Waals surface area (Å²) >= 11 is 0. The van der Waals surface area contributed by atoms with E-state index in [0.29, 0.717) is 12.4 Å². The van der Waals surface area contributed by atoms with E-state index in [2.05, 4.69) is 6.92 Å². The molecule has 0 bridgehead atoms. The van der Waals surface area contributed by atoms with Gasteiger partial charge in [-0.3, -0.25) is 4.79 Å². The monoisotopic (exact) mass is 280 g/mol. The number of unbranched alkanes of at least 4 members (excludes halogenated alkanes) is 5. The van der Waals surface area contributed by atoms with Crippen molar-refractivity contribution in [3.8, 4) is 0 Å². The summed E-state index contributed by atoms with van der Waals surface area (Å²) in [5.74, 6) is 1.20. The smallest absolute Gasteiger partial charge is 0.200 e. The lowest BCUT2D eigenvalue weighted by atomic mass is 10.1. The Kier molecular flexibility index (Phi) is 8.28. The Bertz CT molecular complexity index is 379. The Labute approximate surface area is 122 Å². The van der Waals surface area contributed by atoms with Crippen LogP contribution in [0.1, 0.15) is 75.6 Å². The molecule has 0 radical (unpaired) electrons. The second kappa shape index (κ2) is 9.76. The highest BCUT2D eigenvalue weighted by molar-refractivity contribution is 5.94. The first-order valence-electron chi connectivity index (χ1n) is 7.85. The van der Waals surface area contributed by atoms with Crippen molar-refractivity contribution < 1.29 is 13.9 Å². The van der Waals surface area contributed by atoms with Crippen LogP contribution >= 0.6 is 0 Å². The average molecular weight is 280 g/mol. The van der Waals surface area contributed by atoms with E-state index in [1.807, 2.05) is 19.9 Å². The van der Waals surface area contributed by atoms with Crippen molar-refractivity contribution >= 4 is 5.78 Å². The Morgan fingerprint density at radius 1 is 1.15 bits per heavy atom. The standard InChI is InChI=1S/C17H28O3/c1-4-5-6-7-8-9-12-19-13-15-10-11-16(20-15)17(18)14(2)3/h10-11,14H,4-9,12-13H2,1-3H3. The van der Waals surface area contributed by atoms with E-state index < -0.39 is 0 Å². The predicted octanol–water partition coefficient (Wildman–Crippen LogP) is 5.00. The quantitative estimate of drug-likeness (QED) is 0.423. The van der Waals surface area contributed by atoms with Crippen LogP contribution in [0.3, 0.4) is 0 Å². The summed E-state index contributed by atoms with van der Waals surface area (Å²) in [6.45, 7) is 7.20. The third-order valence-corrected chi connectivity index (χ3v) is 3.32. The molecule has 114 valence electrons. The van der Waals surface area contributed by atoms with Crippen LogP contribution in [-0.2, 0) is 11.3 Å². The molecular weight excluding hydrogens is 252 g/mol. The Hall–Kier alpha value is -1.09. The second-order valence-electron chi connectivity index (χ2n) is 5.61. The normalized spacial score (nSPS) is 11.2. The van der Waals surface area contributed by atoms with Gasteiger partial charge in [0.25, 0.3) is 0 Å². The van der Waals surface area contributed by atoms with E-state index in [0.717, 1.165) is 18.8 Å². The average Bonchev–Trinajstić information content (AvgIpc) is 2.89. The van der Waals surface area contributed by atoms with Gasteiger partial charge in [0, 0.05) is 12.5 Å². The summed E-state index contributed by atoms with van der Waals surface area (Å²) in [6, 6.07) is 3.57. The van der Waals surface area contributed by atoms with Gasteiger partial charge in [0.2, 0.25) is 5.78 Å². The molecule has 1 aromatic rings. The lowest BCUT2D eigenvalue weighted by Gasteiger charge is -2.03. The molecular formula is C17H28O3. The molecule has 0 amide bonds. The molecule has 0 atom stereocenters. The van der Waals surface area contributed by atoms with Crippen molar-refractivity contribution in [1.82, 2.24) is 0 Å². The van der Waals surface area contributed by atoms with E-state index in [1.54, 1.807) is 6.07 Å². The molecule has 0 saturated carbocycles. The van der Waals surface area contributed by atoms with Gasteiger partial charge < -0.3 is 9.15 Å². The Balaban J connectivity index is 2.12. The molecule has 0 unspecified atom stereocenters. The minimum Gasteiger partial charge on any atom is -0.456 e. The van der Waals surface area contributed by atoms with Crippen molar-refractivity contribution in [3.63, 3.8) is 0 Å². The maximum Gasteiger partial charge on any atom is 0.200 e. The van der Waals surface area contributed by atoms with E-state index in [9.17, 15) is 4.79 Å². The van der Waals surface area contributed by atoms with Crippen LogP contribution in [0.5, 0.6) is 0 Å². The first-order valence-corrected chi connectivity index (χ1v) is 7.85. The predicted molar refractivity (Wildman–Crippen MR) is 80.9 cm³/mol. The molecule has 0 fully saturated rings. The van der Waals surface area contributed by atoms with Crippen LogP contribution in [0, 0.1) is 5.92 Å². The van der Waals surface area contributed by atoms with Crippen molar-refractivity contribution in [3.05, 3.63) is 23.7 Å². The van der Waals surface area contributed by atoms with Gasteiger partial charge in [-0.15, -0.1) is 0 Å². The zero-order valence-electron chi connectivity index (χ0n) is 13.1. The van der Waals surface area contributed by atoms with Crippen molar-refractivity contribution in [1.29, 1.82) is 0 Å². The first kappa shape index (κ1) is 17.0. The molecule has 0 aromatic carbocycles. The molecule has 20 heavy (non-hydrogen) atoms. The number of ketones is 1. The highest BCUT2D eigenvalue weighted by atomic mass is 16.5. The zero-order valence-corrected chi connectivity index (χ0v) is 13.1. The van der Waals surface area contributed by atoms with E-state index in [4.69, 9.17) is 9.15 Å². The molecule has 0 spiro atoms. The van der Waals surface area contributed by atoms with Crippen LogP contribution in [0.2, 0.25) is 0 Å². The van der Waals surface area contributed by atoms with Gasteiger partial charge in [-0.05, 0) is 18.6 Å². The van der Waals surface area contributed by atoms with Crippen molar-refractivity contribution in [2.45, 2.75) is 65.9 Å². The lowest BCUT2D eigenvalue weighted by molar-refractivity contribution is 0.0876. The largest absolute Gasteiger partial charge is 0.456 e. The number of rotatable bonds is 11. The second-order valence-corrected chi connectivity index (χ2v) is 5.61. The molecule has 0 aliphatic heterocycles. The highest BCUT2D eigenvalue weighted by Gasteiger charge is 2.14. The van der Waals surface area contributed by atoms with Crippen molar-refractivity contribution in [2.24, 2.45) is 5.92 Å². The molecule has 1 rings (SSSR count). The minimum atomic E-state index is -0.0296. The van der Waals surface area contributed by atoms with Crippen LogP contribution in [0.15, 0.2) is 16.5 Å². The molecule has 0 aliphatic carbocycles. The van der Waals surface area contributed by atoms with Crippen molar-refractivity contribution in [2.75, 3.05) is 6.61 Å². The van der Waals surface area contributed by atoms with E-state index in [1.165, 1.54) is 32.1 Å². The number of carbonyl (C=O) groups is 1. The maximum absolute atomic E-state index is 11.7. The zero-order chi connectivity index (χ0) is 14.8. The summed E-state index contributed by atoms with van der Waals surface area (Å²) in [5, 5.41) is 0. The van der Waals surface area contributed by atoms with Gasteiger partial charge >= 0.3 is 0 Å². The van der Waals surface area contributed by atoms with Gasteiger partial charge in [-0.2, -0.15) is 0 Å². The molecule has 3 heteroatoms. The number of ether oxygens (including phenoxy) is 1. The van der Waals surface area contributed by atoms with E-state index >= 15 is 0 Å². The number of carbonyl (C=O) groups excluding carboxylic acids is 1. The molecule has 1 aromatic heterocycles. The lowest BCUT2D eigenvalue weighted by Crippen LogP contribution is -2.05. The summed E-state index contributed by atoms with van der Waals surface area (Å²) in [4.78, 5) is 11.7. The van der Waals surface area contributed by atoms with E-state index in [-0.39, 0.29) is 11.7 Å². The first-order chi connectivity index (χ1) is 9.65. The molecule has 3 nitrogen and oxygen atoms in total. The third-order valence-electron chi connectivity index (χ3n) is 3.32. The Morgan fingerprint density at radius 2 is 1.85 bits per heavy atom. The topological polar surface area (TPSA) is 39.4 Å². The number of hydrogen-bond donors (Lipinski definition) is 0. The summed E-state index contributed by atoms with van der Waals surface area (Å²) in [7, 11) is 0. The maximum atomic E-state index is 11.7. The Morgan fingerprint density at radius 3 is 2.55 bits per heavy atom. The highest BCUT2D eigenvalue weighted by Crippen LogP contribution is 2.14. The molecule has 0 N–H and O–H groups in total. The minimum absolute atomic E-state index is 0.0296. The fraction of sp³-hybridized carbons (Fsp3) is 0.706. The summed E-state index contributed by atoms with van der Waals surface area (Å²) < 4.78 is 11.1. The third kappa shape index (κ3) is 6.38. The number of furan rings is 1. The molecule has 1 heterocycles. The fourth-order valence-electron chi connectivity index (χ4n) is 2.03. The SMILES string of the molecule is CCCCCCCCOCc1ccc(C(=O)C(C)C)o1. The van der Waals surface area contributed by atoms with Crippen LogP contribution < -0.4 is 0 Å². The van der Waals surface area contributed by atoms with Crippen LogP contribution in [-0.4, -0.2) is 12.4 Å². The van der Waals surface area contributed by atoms with Gasteiger partial charge in [-0.1, -0.05) is 52.9 Å². The van der Waals surface area contributed by atoms with Crippen LogP contribution in [0.4, 0.5) is 0 Å². The van der Waals surface area contributed by atoms with Gasteiger partial charge in [-0.25, -0.2) is 0 Å². The van der Waals surface area contributed by atoms with Gasteiger partial charge in [0.05, 0.1) is 0 Å². The summed E-state index contributed by atoms with van der Waals surface area (Å²) in [5.41, 5.74) is 0.